The maximum Gasteiger partial charge on any atom is 0.255 e. The van der Waals surface area contributed by atoms with Crippen molar-refractivity contribution in [1.82, 2.24) is 14.8 Å². The zero-order valence-corrected chi connectivity index (χ0v) is 21.7. The predicted molar refractivity (Wildman–Crippen MR) is 166 cm³/mol. The van der Waals surface area contributed by atoms with Gasteiger partial charge in [-0.05, 0) is 97.1 Å². The average molecular weight is 550 g/mol. The highest BCUT2D eigenvalue weighted by Crippen LogP contribution is 2.22. The van der Waals surface area contributed by atoms with Gasteiger partial charge < -0.3 is 16.0 Å². The van der Waals surface area contributed by atoms with E-state index in [0.29, 0.717) is 28.2 Å². The maximum absolute atomic E-state index is 12.6. The van der Waals surface area contributed by atoms with Crippen molar-refractivity contribution in [3.8, 4) is 5.69 Å². The summed E-state index contributed by atoms with van der Waals surface area (Å²) in [4.78, 5) is 26.6. The fraction of sp³-hybridized carbons (Fsp3) is 0. The van der Waals surface area contributed by atoms with Gasteiger partial charge in [0.05, 0.1) is 12.7 Å². The summed E-state index contributed by atoms with van der Waals surface area (Å²) in [5, 5.41) is 31.2. The van der Waals surface area contributed by atoms with Crippen molar-refractivity contribution in [2.75, 3.05) is 20.9 Å². The second-order valence-electron chi connectivity index (χ2n) is 8.82. The van der Waals surface area contributed by atoms with Gasteiger partial charge in [-0.3, -0.25) is 29.9 Å². The van der Waals surface area contributed by atoms with E-state index in [1.54, 1.807) is 65.8 Å². The van der Waals surface area contributed by atoms with E-state index in [1.165, 1.54) is 4.90 Å². The number of amides is 2. The van der Waals surface area contributed by atoms with E-state index in [1.807, 2.05) is 48.5 Å². The van der Waals surface area contributed by atoms with Gasteiger partial charge in [0.15, 0.2) is 0 Å². The number of carbonyl (C=O) groups excluding carboxylic acids is 2. The molecule has 5 N–H and O–H groups in total. The molecule has 0 atom stereocenters. The molecule has 0 fully saturated rings. The van der Waals surface area contributed by atoms with Crippen LogP contribution in [0.4, 0.5) is 28.4 Å². The summed E-state index contributed by atoms with van der Waals surface area (Å²) in [5.74, 6) is -0.480. The normalized spacial score (nSPS) is 10.3. The second-order valence-corrected chi connectivity index (χ2v) is 8.82. The van der Waals surface area contributed by atoms with Gasteiger partial charge in [-0.1, -0.05) is 0 Å². The molecule has 2 amide bonds. The standard InChI is InChI=1S/C30H25N9O2.3H2/c31-17-38(18-32)27-13-1-21(2-14-27)29(40)36-25-9-5-23(6-10-25)35-24-7-11-26(12-8-24)37-30(41)22-3-15-28(16-4-22)39-19-33-34-20-39;;;/h1-20,31-32,35H,(H,36,40)(H,37,41);3*1H. The molecule has 5 rings (SSSR count). The van der Waals surface area contributed by atoms with Crippen molar-refractivity contribution in [3.05, 3.63) is 121 Å². The van der Waals surface area contributed by atoms with Crippen LogP contribution in [-0.2, 0) is 0 Å². The van der Waals surface area contributed by atoms with Crippen molar-refractivity contribution in [3.63, 3.8) is 0 Å². The fourth-order valence-electron chi connectivity index (χ4n) is 3.94. The van der Waals surface area contributed by atoms with Crippen LogP contribution in [0.1, 0.15) is 25.0 Å². The molecule has 0 aliphatic rings. The summed E-state index contributed by atoms with van der Waals surface area (Å²) in [6.07, 6.45) is 5.23. The summed E-state index contributed by atoms with van der Waals surface area (Å²) < 4.78 is 1.76. The molecule has 4 aromatic carbocycles. The molecule has 1 heterocycles. The first-order valence-corrected chi connectivity index (χ1v) is 12.5. The van der Waals surface area contributed by atoms with Gasteiger partial charge in [0, 0.05) is 49.5 Å². The molecular formula is C30H31N9O2. The van der Waals surface area contributed by atoms with Crippen LogP contribution in [0.25, 0.3) is 5.69 Å². The Hall–Kier alpha value is -6.10. The minimum absolute atomic E-state index is 0. The quantitative estimate of drug-likeness (QED) is 0.102. The molecule has 0 bridgehead atoms. The molecule has 0 unspecified atom stereocenters. The zero-order chi connectivity index (χ0) is 28.6. The molecule has 0 saturated heterocycles. The Bertz CT molecular complexity index is 1660. The molecule has 1 aromatic heterocycles. The van der Waals surface area contributed by atoms with Crippen LogP contribution in [0.15, 0.2) is 110 Å². The largest absolute Gasteiger partial charge is 0.356 e. The smallest absolute Gasteiger partial charge is 0.255 e. The molecule has 0 radical (unpaired) electrons. The van der Waals surface area contributed by atoms with E-state index in [-0.39, 0.29) is 16.1 Å². The monoisotopic (exact) mass is 549 g/mol. The van der Waals surface area contributed by atoms with E-state index in [2.05, 4.69) is 26.1 Å². The zero-order valence-electron chi connectivity index (χ0n) is 21.7. The molecule has 41 heavy (non-hydrogen) atoms. The maximum atomic E-state index is 12.6. The fourth-order valence-corrected chi connectivity index (χ4v) is 3.94. The van der Waals surface area contributed by atoms with Crippen LogP contribution in [0.5, 0.6) is 0 Å². The summed E-state index contributed by atoms with van der Waals surface area (Å²) in [6, 6.07) is 28.4. The van der Waals surface area contributed by atoms with Crippen molar-refractivity contribution in [2.24, 2.45) is 0 Å². The van der Waals surface area contributed by atoms with Crippen molar-refractivity contribution < 1.29 is 13.9 Å². The number of benzene rings is 4. The van der Waals surface area contributed by atoms with Crippen LogP contribution in [0, 0.1) is 10.8 Å². The second kappa shape index (κ2) is 12.2. The molecule has 208 valence electrons. The lowest BCUT2D eigenvalue weighted by atomic mass is 10.1. The van der Waals surface area contributed by atoms with Gasteiger partial charge in [-0.2, -0.15) is 0 Å². The van der Waals surface area contributed by atoms with Crippen molar-refractivity contribution >= 4 is 52.9 Å². The number of hydrogen-bond donors (Lipinski definition) is 5. The number of carbonyl (C=O) groups is 2. The minimum Gasteiger partial charge on any atom is -0.356 e. The Morgan fingerprint density at radius 2 is 1.05 bits per heavy atom. The first-order valence-electron chi connectivity index (χ1n) is 12.5. The van der Waals surface area contributed by atoms with Gasteiger partial charge in [0.25, 0.3) is 11.8 Å². The summed E-state index contributed by atoms with van der Waals surface area (Å²) in [6.45, 7) is 0. The SMILES string of the molecule is N=CN(C=N)c1ccc(C(=O)Nc2ccc(Nc3ccc(NC(=O)c4ccc(-n5cnnc5)cc4)cc3)cc2)cc1.[HH].[HH].[HH]. The topological polar surface area (TPSA) is 152 Å². The Morgan fingerprint density at radius 1 is 0.634 bits per heavy atom. The van der Waals surface area contributed by atoms with Crippen LogP contribution >= 0.6 is 0 Å². The number of rotatable bonds is 10. The van der Waals surface area contributed by atoms with Crippen molar-refractivity contribution in [2.45, 2.75) is 0 Å². The van der Waals surface area contributed by atoms with Gasteiger partial charge in [0.1, 0.15) is 12.7 Å². The number of nitrogens with zero attached hydrogens (tertiary/aromatic N) is 4. The van der Waals surface area contributed by atoms with Crippen LogP contribution < -0.4 is 20.9 Å². The summed E-state index contributed by atoms with van der Waals surface area (Å²) in [7, 11) is 0. The lowest BCUT2D eigenvalue weighted by Gasteiger charge is -2.13. The molecule has 0 aliphatic heterocycles. The highest BCUT2D eigenvalue weighted by atomic mass is 16.2. The molecule has 5 aromatic rings. The van der Waals surface area contributed by atoms with E-state index in [4.69, 9.17) is 10.8 Å². The van der Waals surface area contributed by atoms with E-state index >= 15 is 0 Å². The Labute approximate surface area is 240 Å². The van der Waals surface area contributed by atoms with Gasteiger partial charge in [0.2, 0.25) is 0 Å². The van der Waals surface area contributed by atoms with Crippen molar-refractivity contribution in [1.29, 1.82) is 10.8 Å². The highest BCUT2D eigenvalue weighted by molar-refractivity contribution is 6.05. The van der Waals surface area contributed by atoms with E-state index < -0.39 is 0 Å². The molecule has 11 heteroatoms. The lowest BCUT2D eigenvalue weighted by molar-refractivity contribution is 0.101. The number of aromatic nitrogens is 3. The molecule has 0 saturated carbocycles. The minimum atomic E-state index is -0.266. The summed E-state index contributed by atoms with van der Waals surface area (Å²) in [5.41, 5.74) is 5.44. The number of hydrogen-bond acceptors (Lipinski definition) is 7. The Balaban J connectivity index is 0.00000225. The lowest BCUT2D eigenvalue weighted by Crippen LogP contribution is -2.17. The van der Waals surface area contributed by atoms with Gasteiger partial charge in [-0.15, -0.1) is 10.2 Å². The molecule has 0 spiro atoms. The Kier molecular flexibility index (Phi) is 7.87. The molecular weight excluding hydrogens is 518 g/mol. The highest BCUT2D eigenvalue weighted by Gasteiger charge is 2.09. The third-order valence-electron chi connectivity index (χ3n) is 6.13. The van der Waals surface area contributed by atoms with E-state index in [0.717, 1.165) is 29.7 Å². The molecule has 11 nitrogen and oxygen atoms in total. The average Bonchev–Trinajstić information content (AvgIpc) is 3.55. The first-order chi connectivity index (χ1) is 20.0. The van der Waals surface area contributed by atoms with Crippen LogP contribution in [-0.4, -0.2) is 39.3 Å². The number of nitrogens with one attached hydrogen (secondary N) is 5. The van der Waals surface area contributed by atoms with E-state index in [9.17, 15) is 9.59 Å². The van der Waals surface area contributed by atoms with Gasteiger partial charge >= 0.3 is 0 Å². The Morgan fingerprint density at radius 3 is 1.49 bits per heavy atom. The molecule has 0 aliphatic carbocycles. The predicted octanol–water partition coefficient (Wildman–Crippen LogP) is 6.27. The third kappa shape index (κ3) is 6.49. The first kappa shape index (κ1) is 26.5. The van der Waals surface area contributed by atoms with Gasteiger partial charge in [-0.25, -0.2) is 0 Å². The summed E-state index contributed by atoms with van der Waals surface area (Å²) >= 11 is 0. The number of anilines is 5. The van der Waals surface area contributed by atoms with Crippen LogP contribution in [0.2, 0.25) is 0 Å². The van der Waals surface area contributed by atoms with Crippen LogP contribution in [0.3, 0.4) is 0 Å². The third-order valence-corrected chi connectivity index (χ3v) is 6.13.